The second-order valence-corrected chi connectivity index (χ2v) is 5.78. The molecule has 2 aromatic carbocycles. The Labute approximate surface area is 118 Å². The molecule has 2 nitrogen and oxygen atoms in total. The highest BCUT2D eigenvalue weighted by Crippen LogP contribution is 2.37. The lowest BCUT2D eigenvalue weighted by molar-refractivity contribution is 0.273. The number of benzene rings is 2. The van der Waals surface area contributed by atoms with E-state index in [0.717, 1.165) is 30.2 Å². The number of hydrogen-bond acceptors (Lipinski definition) is 3. The summed E-state index contributed by atoms with van der Waals surface area (Å²) in [7, 11) is 0. The summed E-state index contributed by atoms with van der Waals surface area (Å²) in [6.45, 7) is 0.812. The molecular formula is C16H17NOS. The van der Waals surface area contributed by atoms with Gasteiger partial charge >= 0.3 is 0 Å². The molecule has 0 aliphatic carbocycles. The third kappa shape index (κ3) is 2.71. The van der Waals surface area contributed by atoms with Crippen molar-refractivity contribution in [3.63, 3.8) is 0 Å². The van der Waals surface area contributed by atoms with Gasteiger partial charge in [-0.3, -0.25) is 0 Å². The van der Waals surface area contributed by atoms with Gasteiger partial charge in [0.2, 0.25) is 0 Å². The van der Waals surface area contributed by atoms with Crippen molar-refractivity contribution in [2.24, 2.45) is 0 Å². The average molecular weight is 271 g/mol. The van der Waals surface area contributed by atoms with Gasteiger partial charge in [0.1, 0.15) is 5.75 Å². The number of anilines is 1. The lowest BCUT2D eigenvalue weighted by Gasteiger charge is -2.25. The Morgan fingerprint density at radius 3 is 2.79 bits per heavy atom. The van der Waals surface area contributed by atoms with Gasteiger partial charge in [-0.25, -0.2) is 0 Å². The Morgan fingerprint density at radius 1 is 1.11 bits per heavy atom. The quantitative estimate of drug-likeness (QED) is 0.678. The molecule has 0 aromatic heterocycles. The van der Waals surface area contributed by atoms with Gasteiger partial charge in [0, 0.05) is 22.3 Å². The Kier molecular flexibility index (Phi) is 3.65. The number of ether oxygens (including phenoxy) is 1. The van der Waals surface area contributed by atoms with E-state index in [0.29, 0.717) is 5.92 Å². The van der Waals surface area contributed by atoms with Gasteiger partial charge in [-0.1, -0.05) is 30.3 Å². The Balaban J connectivity index is 1.73. The largest absolute Gasteiger partial charge is 0.493 e. The fourth-order valence-corrected chi connectivity index (χ4v) is 3.53. The maximum Gasteiger partial charge on any atom is 0.122 e. The smallest absolute Gasteiger partial charge is 0.122 e. The summed E-state index contributed by atoms with van der Waals surface area (Å²) < 4.78 is 5.70. The van der Waals surface area contributed by atoms with E-state index in [4.69, 9.17) is 10.5 Å². The Hall–Kier alpha value is -1.61. The van der Waals surface area contributed by atoms with Crippen LogP contribution in [-0.4, -0.2) is 12.4 Å². The fourth-order valence-electron chi connectivity index (χ4n) is 2.39. The van der Waals surface area contributed by atoms with Crippen molar-refractivity contribution >= 4 is 17.4 Å². The molecule has 1 unspecified atom stereocenters. The molecule has 1 aliphatic rings. The van der Waals surface area contributed by atoms with E-state index in [1.165, 1.54) is 10.5 Å². The van der Waals surface area contributed by atoms with Crippen molar-refractivity contribution in [3.8, 4) is 5.75 Å². The molecule has 1 aliphatic heterocycles. The molecule has 0 amide bonds. The van der Waals surface area contributed by atoms with Crippen LogP contribution in [0.2, 0.25) is 0 Å². The van der Waals surface area contributed by atoms with E-state index in [2.05, 4.69) is 24.3 Å². The maximum atomic E-state index is 5.99. The number of nitrogen functional groups attached to an aromatic ring is 1. The van der Waals surface area contributed by atoms with Crippen LogP contribution in [0.15, 0.2) is 53.4 Å². The molecule has 0 saturated carbocycles. The van der Waals surface area contributed by atoms with Crippen LogP contribution in [0.4, 0.5) is 5.69 Å². The Morgan fingerprint density at radius 2 is 1.89 bits per heavy atom. The summed E-state index contributed by atoms with van der Waals surface area (Å²) in [5.41, 5.74) is 8.18. The first-order chi connectivity index (χ1) is 9.34. The average Bonchev–Trinajstić information content (AvgIpc) is 2.46. The second kappa shape index (κ2) is 5.57. The summed E-state index contributed by atoms with van der Waals surface area (Å²) in [5, 5.41) is 0. The zero-order valence-corrected chi connectivity index (χ0v) is 11.5. The van der Waals surface area contributed by atoms with Crippen LogP contribution < -0.4 is 10.5 Å². The van der Waals surface area contributed by atoms with Crippen LogP contribution in [0.5, 0.6) is 5.75 Å². The first-order valence-corrected chi connectivity index (χ1v) is 7.52. The molecule has 19 heavy (non-hydrogen) atoms. The van der Waals surface area contributed by atoms with E-state index in [1.54, 1.807) is 0 Å². The van der Waals surface area contributed by atoms with Crippen LogP contribution in [0, 0.1) is 0 Å². The molecule has 0 fully saturated rings. The van der Waals surface area contributed by atoms with Crippen LogP contribution in [0.3, 0.4) is 0 Å². The third-order valence-corrected chi connectivity index (χ3v) is 4.69. The van der Waals surface area contributed by atoms with Crippen molar-refractivity contribution in [3.05, 3.63) is 54.1 Å². The molecule has 3 heteroatoms. The highest BCUT2D eigenvalue weighted by molar-refractivity contribution is 7.99. The zero-order valence-electron chi connectivity index (χ0n) is 10.7. The maximum absolute atomic E-state index is 5.99. The lowest BCUT2D eigenvalue weighted by atomic mass is 9.95. The van der Waals surface area contributed by atoms with Crippen LogP contribution in [-0.2, 0) is 0 Å². The number of para-hydroxylation sites is 2. The topological polar surface area (TPSA) is 35.2 Å². The SMILES string of the molecule is Nc1ccccc1SCC1CCOc2ccccc21. The van der Waals surface area contributed by atoms with Gasteiger partial charge in [0.15, 0.2) is 0 Å². The number of hydrogen-bond donors (Lipinski definition) is 1. The normalized spacial score (nSPS) is 17.6. The van der Waals surface area contributed by atoms with Gasteiger partial charge < -0.3 is 10.5 Å². The van der Waals surface area contributed by atoms with Gasteiger partial charge in [0.05, 0.1) is 6.61 Å². The molecule has 1 atom stereocenters. The number of rotatable bonds is 3. The van der Waals surface area contributed by atoms with Crippen molar-refractivity contribution in [1.29, 1.82) is 0 Å². The van der Waals surface area contributed by atoms with E-state index in [1.807, 2.05) is 36.0 Å². The van der Waals surface area contributed by atoms with E-state index in [9.17, 15) is 0 Å². The van der Waals surface area contributed by atoms with Crippen LogP contribution >= 0.6 is 11.8 Å². The standard InChI is InChI=1S/C16H17NOS/c17-14-6-2-4-8-16(14)19-11-12-9-10-18-15-7-3-1-5-13(12)15/h1-8,12H,9-11,17H2. The number of nitrogens with two attached hydrogens (primary N) is 1. The van der Waals surface area contributed by atoms with Gasteiger partial charge in [-0.2, -0.15) is 0 Å². The van der Waals surface area contributed by atoms with Crippen molar-refractivity contribution in [2.45, 2.75) is 17.2 Å². The molecule has 98 valence electrons. The number of thioether (sulfide) groups is 1. The monoisotopic (exact) mass is 271 g/mol. The molecule has 1 heterocycles. The molecule has 0 bridgehead atoms. The first-order valence-electron chi connectivity index (χ1n) is 6.53. The predicted molar refractivity (Wildman–Crippen MR) is 80.9 cm³/mol. The minimum Gasteiger partial charge on any atom is -0.493 e. The van der Waals surface area contributed by atoms with Crippen molar-refractivity contribution in [1.82, 2.24) is 0 Å². The summed E-state index contributed by atoms with van der Waals surface area (Å²) in [5.74, 6) is 2.64. The van der Waals surface area contributed by atoms with Crippen LogP contribution in [0.25, 0.3) is 0 Å². The minimum atomic E-state index is 0.551. The molecule has 3 rings (SSSR count). The first kappa shape index (κ1) is 12.4. The van der Waals surface area contributed by atoms with Crippen molar-refractivity contribution in [2.75, 3.05) is 18.1 Å². The molecule has 0 spiro atoms. The molecule has 0 radical (unpaired) electrons. The third-order valence-electron chi connectivity index (χ3n) is 3.44. The molecular weight excluding hydrogens is 254 g/mol. The Bertz CT molecular complexity index is 570. The summed E-state index contributed by atoms with van der Waals surface area (Å²) in [6, 6.07) is 16.4. The van der Waals surface area contributed by atoms with Gasteiger partial charge in [-0.15, -0.1) is 11.8 Å². The zero-order chi connectivity index (χ0) is 13.1. The highest BCUT2D eigenvalue weighted by atomic mass is 32.2. The van der Waals surface area contributed by atoms with Gasteiger partial charge in [-0.05, 0) is 30.2 Å². The molecule has 2 aromatic rings. The summed E-state index contributed by atoms with van der Waals surface area (Å²) in [4.78, 5) is 1.17. The number of fused-ring (bicyclic) bond motifs is 1. The van der Waals surface area contributed by atoms with Crippen molar-refractivity contribution < 1.29 is 4.74 Å². The fraction of sp³-hybridized carbons (Fsp3) is 0.250. The predicted octanol–water partition coefficient (Wildman–Crippen LogP) is 3.93. The van der Waals surface area contributed by atoms with E-state index >= 15 is 0 Å². The summed E-state index contributed by atoms with van der Waals surface area (Å²) >= 11 is 1.84. The summed E-state index contributed by atoms with van der Waals surface area (Å²) in [6.07, 6.45) is 1.08. The highest BCUT2D eigenvalue weighted by Gasteiger charge is 2.21. The van der Waals surface area contributed by atoms with E-state index in [-0.39, 0.29) is 0 Å². The van der Waals surface area contributed by atoms with Crippen LogP contribution in [0.1, 0.15) is 17.9 Å². The second-order valence-electron chi connectivity index (χ2n) is 4.72. The molecule has 0 saturated heterocycles. The van der Waals surface area contributed by atoms with Gasteiger partial charge in [0.25, 0.3) is 0 Å². The lowest BCUT2D eigenvalue weighted by Crippen LogP contribution is -2.15. The van der Waals surface area contributed by atoms with E-state index < -0.39 is 0 Å². The minimum absolute atomic E-state index is 0.551. The molecule has 2 N–H and O–H groups in total.